The largest absolute Gasteiger partial charge is 0.383 e. The SMILES string of the molecule is COCCn1c(-c2cccc(S(=O)(=O)N3C[C@@H](C)O[C@H](C)C3)c2)csc1=Nc1ccccc1. The maximum absolute atomic E-state index is 13.4. The highest BCUT2D eigenvalue weighted by atomic mass is 32.2. The van der Waals surface area contributed by atoms with Crippen LogP contribution in [0.2, 0.25) is 0 Å². The van der Waals surface area contributed by atoms with E-state index in [1.54, 1.807) is 25.3 Å². The average molecular weight is 488 g/mol. The number of morpholine rings is 1. The van der Waals surface area contributed by atoms with E-state index in [1.165, 1.54) is 15.6 Å². The van der Waals surface area contributed by atoms with E-state index in [1.807, 2.05) is 55.6 Å². The lowest BCUT2D eigenvalue weighted by Gasteiger charge is -2.34. The number of aromatic nitrogens is 1. The summed E-state index contributed by atoms with van der Waals surface area (Å²) < 4.78 is 41.4. The number of nitrogens with zero attached hydrogens (tertiary/aromatic N) is 3. The molecule has 0 amide bonds. The zero-order valence-electron chi connectivity index (χ0n) is 19.0. The lowest BCUT2D eigenvalue weighted by Crippen LogP contribution is -2.48. The predicted octanol–water partition coefficient (Wildman–Crippen LogP) is 3.89. The summed E-state index contributed by atoms with van der Waals surface area (Å²) in [5, 5.41) is 2.02. The summed E-state index contributed by atoms with van der Waals surface area (Å²) in [5.74, 6) is 0. The van der Waals surface area contributed by atoms with Crippen molar-refractivity contribution in [2.24, 2.45) is 4.99 Å². The summed E-state index contributed by atoms with van der Waals surface area (Å²) >= 11 is 1.52. The van der Waals surface area contributed by atoms with Crippen molar-refractivity contribution in [2.75, 3.05) is 26.8 Å². The first-order valence-electron chi connectivity index (χ1n) is 10.9. The second-order valence-electron chi connectivity index (χ2n) is 8.10. The third-order valence-electron chi connectivity index (χ3n) is 5.45. The average Bonchev–Trinajstić information content (AvgIpc) is 3.20. The number of thiazole rings is 1. The van der Waals surface area contributed by atoms with Gasteiger partial charge in [0.1, 0.15) is 0 Å². The Kier molecular flexibility index (Phi) is 7.45. The van der Waals surface area contributed by atoms with Crippen molar-refractivity contribution in [2.45, 2.75) is 37.5 Å². The Hall–Kier alpha value is -2.30. The molecule has 2 atom stereocenters. The first-order valence-corrected chi connectivity index (χ1v) is 13.2. The molecule has 0 N–H and O–H groups in total. The van der Waals surface area contributed by atoms with Crippen LogP contribution in [0.3, 0.4) is 0 Å². The Labute approximate surface area is 199 Å². The van der Waals surface area contributed by atoms with Crippen LogP contribution in [0.1, 0.15) is 13.8 Å². The fourth-order valence-corrected chi connectivity index (χ4v) is 6.55. The topological polar surface area (TPSA) is 73.1 Å². The van der Waals surface area contributed by atoms with E-state index < -0.39 is 10.0 Å². The summed E-state index contributed by atoms with van der Waals surface area (Å²) in [4.78, 5) is 5.90. The molecule has 0 radical (unpaired) electrons. The standard InChI is InChI=1S/C24H29N3O4S2/c1-18-15-26(16-19(2)31-18)33(28,29)22-11-7-8-20(14-22)23-17-32-24(27(23)12-13-30-3)25-21-9-5-4-6-10-21/h4-11,14,17-19H,12-13,15-16H2,1-3H3/t18-,19-/m1/s1. The number of para-hydroxylation sites is 1. The number of hydrogen-bond acceptors (Lipinski definition) is 6. The molecule has 2 aromatic carbocycles. The van der Waals surface area contributed by atoms with E-state index in [0.29, 0.717) is 26.2 Å². The normalized spacial score (nSPS) is 20.3. The summed E-state index contributed by atoms with van der Waals surface area (Å²) in [7, 11) is -1.97. The fourth-order valence-electron chi connectivity index (χ4n) is 3.95. The van der Waals surface area contributed by atoms with Gasteiger partial charge in [0.05, 0.1) is 35.1 Å². The van der Waals surface area contributed by atoms with Crippen LogP contribution >= 0.6 is 11.3 Å². The summed E-state index contributed by atoms with van der Waals surface area (Å²) in [6.45, 7) is 5.63. The van der Waals surface area contributed by atoms with Gasteiger partial charge in [-0.05, 0) is 38.1 Å². The molecule has 33 heavy (non-hydrogen) atoms. The van der Waals surface area contributed by atoms with Gasteiger partial charge in [0.25, 0.3) is 0 Å². The van der Waals surface area contributed by atoms with Crippen LogP contribution in [0, 0.1) is 0 Å². The first-order chi connectivity index (χ1) is 15.9. The molecule has 1 aliphatic rings. The lowest BCUT2D eigenvalue weighted by atomic mass is 10.2. The minimum atomic E-state index is -3.63. The zero-order valence-corrected chi connectivity index (χ0v) is 20.7. The Morgan fingerprint density at radius 2 is 1.82 bits per heavy atom. The molecule has 0 saturated carbocycles. The molecule has 1 aromatic heterocycles. The molecule has 3 aromatic rings. The molecule has 176 valence electrons. The van der Waals surface area contributed by atoms with Crippen LogP contribution in [0.5, 0.6) is 0 Å². The van der Waals surface area contributed by atoms with Gasteiger partial charge in [0, 0.05) is 37.7 Å². The van der Waals surface area contributed by atoms with Crippen LogP contribution in [-0.2, 0) is 26.0 Å². The van der Waals surface area contributed by atoms with Gasteiger partial charge in [0.2, 0.25) is 10.0 Å². The second-order valence-corrected chi connectivity index (χ2v) is 10.9. The molecule has 9 heteroatoms. The monoisotopic (exact) mass is 487 g/mol. The van der Waals surface area contributed by atoms with Gasteiger partial charge in [-0.25, -0.2) is 13.4 Å². The minimum Gasteiger partial charge on any atom is -0.383 e. The van der Waals surface area contributed by atoms with Crippen LogP contribution in [0.4, 0.5) is 5.69 Å². The van der Waals surface area contributed by atoms with E-state index >= 15 is 0 Å². The van der Waals surface area contributed by atoms with E-state index in [9.17, 15) is 8.42 Å². The molecule has 0 bridgehead atoms. The highest BCUT2D eigenvalue weighted by Crippen LogP contribution is 2.27. The molecule has 1 fully saturated rings. The third kappa shape index (κ3) is 5.44. The number of methoxy groups -OCH3 is 1. The number of rotatable bonds is 7. The van der Waals surface area contributed by atoms with Crippen molar-refractivity contribution >= 4 is 27.0 Å². The van der Waals surface area contributed by atoms with Crippen molar-refractivity contribution in [1.29, 1.82) is 0 Å². The number of benzene rings is 2. The molecule has 1 aliphatic heterocycles. The van der Waals surface area contributed by atoms with Crippen LogP contribution in [-0.4, -0.2) is 56.3 Å². The van der Waals surface area contributed by atoms with Gasteiger partial charge >= 0.3 is 0 Å². The van der Waals surface area contributed by atoms with Gasteiger partial charge in [-0.1, -0.05) is 30.3 Å². The Bertz CT molecular complexity index is 1240. The fraction of sp³-hybridized carbons (Fsp3) is 0.375. The minimum absolute atomic E-state index is 0.137. The van der Waals surface area contributed by atoms with Crippen molar-refractivity contribution in [3.63, 3.8) is 0 Å². The Morgan fingerprint density at radius 1 is 1.09 bits per heavy atom. The van der Waals surface area contributed by atoms with Crippen molar-refractivity contribution in [1.82, 2.24) is 8.87 Å². The van der Waals surface area contributed by atoms with Crippen LogP contribution in [0.25, 0.3) is 11.3 Å². The van der Waals surface area contributed by atoms with E-state index in [-0.39, 0.29) is 17.1 Å². The number of hydrogen-bond donors (Lipinski definition) is 0. The molecule has 2 heterocycles. The molecular weight excluding hydrogens is 458 g/mol. The second kappa shape index (κ2) is 10.3. The number of sulfonamides is 1. The third-order valence-corrected chi connectivity index (χ3v) is 8.14. The Morgan fingerprint density at radius 3 is 2.52 bits per heavy atom. The Balaban J connectivity index is 1.73. The summed E-state index contributed by atoms with van der Waals surface area (Å²) in [5.41, 5.74) is 2.60. The molecule has 0 spiro atoms. The highest BCUT2D eigenvalue weighted by molar-refractivity contribution is 7.89. The van der Waals surface area contributed by atoms with Gasteiger partial charge < -0.3 is 14.0 Å². The molecule has 0 unspecified atom stereocenters. The van der Waals surface area contributed by atoms with Gasteiger partial charge in [-0.15, -0.1) is 11.3 Å². The van der Waals surface area contributed by atoms with Crippen molar-refractivity contribution in [3.05, 3.63) is 64.8 Å². The van der Waals surface area contributed by atoms with Gasteiger partial charge in [-0.3, -0.25) is 0 Å². The highest BCUT2D eigenvalue weighted by Gasteiger charge is 2.32. The molecule has 4 rings (SSSR count). The van der Waals surface area contributed by atoms with E-state index in [4.69, 9.17) is 14.5 Å². The van der Waals surface area contributed by atoms with E-state index in [2.05, 4.69) is 4.57 Å². The summed E-state index contributed by atoms with van der Waals surface area (Å²) in [6.07, 6.45) is -0.274. The zero-order chi connectivity index (χ0) is 23.4. The first kappa shape index (κ1) is 23.8. The quantitative estimate of drug-likeness (QED) is 0.507. The van der Waals surface area contributed by atoms with E-state index in [0.717, 1.165) is 21.7 Å². The van der Waals surface area contributed by atoms with Crippen molar-refractivity contribution < 1.29 is 17.9 Å². The number of ether oxygens (including phenoxy) is 2. The molecule has 1 saturated heterocycles. The van der Waals surface area contributed by atoms with Crippen LogP contribution in [0.15, 0.2) is 69.9 Å². The lowest BCUT2D eigenvalue weighted by molar-refractivity contribution is -0.0440. The predicted molar refractivity (Wildman–Crippen MR) is 130 cm³/mol. The van der Waals surface area contributed by atoms with Crippen molar-refractivity contribution in [3.8, 4) is 11.3 Å². The maximum atomic E-state index is 13.4. The molecule has 7 nitrogen and oxygen atoms in total. The van der Waals surface area contributed by atoms with Crippen LogP contribution < -0.4 is 4.80 Å². The summed E-state index contributed by atoms with van der Waals surface area (Å²) in [6, 6.07) is 16.9. The smallest absolute Gasteiger partial charge is 0.243 e. The maximum Gasteiger partial charge on any atom is 0.243 e. The van der Waals surface area contributed by atoms with Gasteiger partial charge in [0.15, 0.2) is 4.80 Å². The molecular formula is C24H29N3O4S2. The molecule has 0 aliphatic carbocycles. The van der Waals surface area contributed by atoms with Gasteiger partial charge in [-0.2, -0.15) is 4.31 Å².